The van der Waals surface area contributed by atoms with Crippen molar-refractivity contribution in [3.8, 4) is 11.5 Å². The molecule has 0 saturated carbocycles. The fourth-order valence-electron chi connectivity index (χ4n) is 3.09. The van der Waals surface area contributed by atoms with Crippen LogP contribution in [0.3, 0.4) is 0 Å². The largest absolute Gasteiger partial charge is 0.493 e. The Bertz CT molecular complexity index is 1090. The first-order valence-corrected chi connectivity index (χ1v) is 12.3. The van der Waals surface area contributed by atoms with Gasteiger partial charge in [0.25, 0.3) is 0 Å². The standard InChI is InChI=1S/C21H25N3O6S2/c1-13-4-7-15(8-5-13)32(27,28)18-11-22-21(24-20(18)26)31-12-19(25)23-14-6-9-16(29-2)17(10-14)30-3/h4-10,18,21-22H,11-12H2,1-3H3,(H,23,25)(H,24,26). The van der Waals surface area contributed by atoms with Gasteiger partial charge in [-0.1, -0.05) is 17.7 Å². The summed E-state index contributed by atoms with van der Waals surface area (Å²) in [6.07, 6.45) is 0. The Balaban J connectivity index is 1.53. The molecule has 1 aliphatic heterocycles. The molecule has 32 heavy (non-hydrogen) atoms. The highest BCUT2D eigenvalue weighted by atomic mass is 32.2. The monoisotopic (exact) mass is 479 g/mol. The van der Waals surface area contributed by atoms with Crippen LogP contribution in [0.5, 0.6) is 11.5 Å². The topological polar surface area (TPSA) is 123 Å². The maximum atomic E-state index is 12.8. The lowest BCUT2D eigenvalue weighted by Crippen LogP contribution is -2.59. The second-order valence-corrected chi connectivity index (χ2v) is 10.3. The second kappa shape index (κ2) is 10.2. The minimum atomic E-state index is -3.82. The number of anilines is 1. The van der Waals surface area contributed by atoms with Crippen LogP contribution >= 0.6 is 11.8 Å². The van der Waals surface area contributed by atoms with Crippen LogP contribution in [0.2, 0.25) is 0 Å². The second-order valence-electron chi connectivity index (χ2n) is 7.07. The van der Waals surface area contributed by atoms with Gasteiger partial charge in [-0.05, 0) is 31.2 Å². The smallest absolute Gasteiger partial charge is 0.241 e. The Morgan fingerprint density at radius 2 is 1.81 bits per heavy atom. The van der Waals surface area contributed by atoms with Gasteiger partial charge in [-0.3, -0.25) is 14.9 Å². The summed E-state index contributed by atoms with van der Waals surface area (Å²) in [5.41, 5.74) is 0.888. The van der Waals surface area contributed by atoms with Gasteiger partial charge in [-0.15, -0.1) is 11.8 Å². The lowest BCUT2D eigenvalue weighted by molar-refractivity contribution is -0.122. The highest BCUT2D eigenvalue weighted by molar-refractivity contribution is 8.00. The molecule has 3 rings (SSSR count). The van der Waals surface area contributed by atoms with Gasteiger partial charge >= 0.3 is 0 Å². The molecule has 2 aromatic rings. The summed E-state index contributed by atoms with van der Waals surface area (Å²) in [5.74, 6) is 0.195. The number of thioether (sulfide) groups is 1. The van der Waals surface area contributed by atoms with E-state index in [-0.39, 0.29) is 23.1 Å². The first-order valence-electron chi connectivity index (χ1n) is 9.72. The number of aryl methyl sites for hydroxylation is 1. The Labute approximate surface area is 191 Å². The molecular weight excluding hydrogens is 454 g/mol. The molecule has 1 heterocycles. The van der Waals surface area contributed by atoms with E-state index >= 15 is 0 Å². The molecule has 0 aliphatic carbocycles. The Hall–Kier alpha value is -2.76. The van der Waals surface area contributed by atoms with Crippen LogP contribution in [0.1, 0.15) is 5.56 Å². The molecule has 0 bridgehead atoms. The fourth-order valence-corrected chi connectivity index (χ4v) is 5.41. The predicted octanol–water partition coefficient (Wildman–Crippen LogP) is 1.53. The van der Waals surface area contributed by atoms with Crippen molar-refractivity contribution in [3.63, 3.8) is 0 Å². The average molecular weight is 480 g/mol. The van der Waals surface area contributed by atoms with Crippen molar-refractivity contribution in [2.45, 2.75) is 22.6 Å². The zero-order chi connectivity index (χ0) is 23.3. The van der Waals surface area contributed by atoms with Gasteiger partial charge in [0, 0.05) is 18.3 Å². The predicted molar refractivity (Wildman–Crippen MR) is 123 cm³/mol. The lowest BCUT2D eigenvalue weighted by atomic mass is 10.2. The molecular formula is C21H25N3O6S2. The van der Waals surface area contributed by atoms with E-state index in [0.29, 0.717) is 17.2 Å². The average Bonchev–Trinajstić information content (AvgIpc) is 2.77. The molecule has 1 fully saturated rings. The molecule has 2 amide bonds. The molecule has 1 saturated heterocycles. The van der Waals surface area contributed by atoms with Crippen LogP contribution in [0.4, 0.5) is 5.69 Å². The van der Waals surface area contributed by atoms with Gasteiger partial charge in [-0.25, -0.2) is 8.42 Å². The van der Waals surface area contributed by atoms with Crippen LogP contribution in [0, 0.1) is 6.92 Å². The van der Waals surface area contributed by atoms with Crippen molar-refractivity contribution >= 4 is 39.1 Å². The minimum absolute atomic E-state index is 0.0433. The molecule has 3 N–H and O–H groups in total. The molecule has 2 aromatic carbocycles. The normalized spacial score (nSPS) is 18.5. The number of carbonyl (C=O) groups excluding carboxylic acids is 2. The number of sulfone groups is 1. The van der Waals surface area contributed by atoms with Gasteiger partial charge in [0.15, 0.2) is 26.6 Å². The SMILES string of the molecule is COc1ccc(NC(=O)CSC2NCC(S(=O)(=O)c3ccc(C)cc3)C(=O)N2)cc1OC. The zero-order valence-corrected chi connectivity index (χ0v) is 19.5. The highest BCUT2D eigenvalue weighted by Gasteiger charge is 2.38. The van der Waals surface area contributed by atoms with Crippen LogP contribution in [0.25, 0.3) is 0 Å². The van der Waals surface area contributed by atoms with E-state index < -0.39 is 26.5 Å². The third-order valence-electron chi connectivity index (χ3n) is 4.83. The van der Waals surface area contributed by atoms with Crippen molar-refractivity contribution in [2.75, 3.05) is 31.8 Å². The van der Waals surface area contributed by atoms with Crippen molar-refractivity contribution in [1.29, 1.82) is 0 Å². The van der Waals surface area contributed by atoms with Crippen LogP contribution in [0.15, 0.2) is 47.4 Å². The number of rotatable bonds is 8. The first kappa shape index (κ1) is 23.9. The molecule has 0 radical (unpaired) electrons. The summed E-state index contributed by atoms with van der Waals surface area (Å²) < 4.78 is 36.0. The number of methoxy groups -OCH3 is 2. The van der Waals surface area contributed by atoms with Crippen LogP contribution in [-0.2, 0) is 19.4 Å². The van der Waals surface area contributed by atoms with Gasteiger partial charge in [0.2, 0.25) is 11.8 Å². The van der Waals surface area contributed by atoms with Crippen molar-refractivity contribution in [3.05, 3.63) is 48.0 Å². The Morgan fingerprint density at radius 3 is 2.44 bits per heavy atom. The summed E-state index contributed by atoms with van der Waals surface area (Å²) in [4.78, 5) is 24.9. The highest BCUT2D eigenvalue weighted by Crippen LogP contribution is 2.29. The minimum Gasteiger partial charge on any atom is -0.493 e. The van der Waals surface area contributed by atoms with Crippen LogP contribution < -0.4 is 25.4 Å². The maximum Gasteiger partial charge on any atom is 0.241 e. The van der Waals surface area contributed by atoms with E-state index in [4.69, 9.17) is 9.47 Å². The van der Waals surface area contributed by atoms with Crippen LogP contribution in [-0.4, -0.2) is 57.5 Å². The summed E-state index contributed by atoms with van der Waals surface area (Å²) in [5, 5.41) is 7.11. The lowest BCUT2D eigenvalue weighted by Gasteiger charge is -2.29. The first-order chi connectivity index (χ1) is 15.2. The number of amides is 2. The zero-order valence-electron chi connectivity index (χ0n) is 17.9. The number of benzene rings is 2. The van der Waals surface area contributed by atoms with Crippen molar-refractivity contribution in [2.24, 2.45) is 0 Å². The Morgan fingerprint density at radius 1 is 1.12 bits per heavy atom. The third-order valence-corrected chi connectivity index (χ3v) is 7.93. The van der Waals surface area contributed by atoms with E-state index in [1.165, 1.54) is 26.4 Å². The Kier molecular flexibility index (Phi) is 7.64. The molecule has 1 aliphatic rings. The van der Waals surface area contributed by atoms with Gasteiger partial charge in [0.1, 0.15) is 5.50 Å². The van der Waals surface area contributed by atoms with Gasteiger partial charge < -0.3 is 20.1 Å². The van der Waals surface area contributed by atoms with Gasteiger partial charge in [-0.2, -0.15) is 0 Å². The summed E-state index contributed by atoms with van der Waals surface area (Å²) in [6.45, 7) is 1.81. The number of hydrogen-bond acceptors (Lipinski definition) is 8. The van der Waals surface area contributed by atoms with E-state index in [1.54, 1.807) is 30.3 Å². The molecule has 0 spiro atoms. The molecule has 2 atom stereocenters. The molecule has 172 valence electrons. The molecule has 9 nitrogen and oxygen atoms in total. The number of ether oxygens (including phenoxy) is 2. The summed E-state index contributed by atoms with van der Waals surface area (Å²) in [7, 11) is -0.795. The van der Waals surface area contributed by atoms with Crippen molar-refractivity contribution in [1.82, 2.24) is 10.6 Å². The van der Waals surface area contributed by atoms with E-state index in [2.05, 4.69) is 16.0 Å². The van der Waals surface area contributed by atoms with Gasteiger partial charge in [0.05, 0.1) is 24.9 Å². The third kappa shape index (κ3) is 5.53. The summed E-state index contributed by atoms with van der Waals surface area (Å²) >= 11 is 1.15. The maximum absolute atomic E-state index is 12.8. The summed E-state index contributed by atoms with van der Waals surface area (Å²) in [6, 6.07) is 11.4. The number of nitrogens with one attached hydrogen (secondary N) is 3. The number of carbonyl (C=O) groups is 2. The fraction of sp³-hybridized carbons (Fsp3) is 0.333. The van der Waals surface area contributed by atoms with E-state index in [0.717, 1.165) is 17.3 Å². The quantitative estimate of drug-likeness (QED) is 0.521. The van der Waals surface area contributed by atoms with Crippen molar-refractivity contribution < 1.29 is 27.5 Å². The van der Waals surface area contributed by atoms with E-state index in [1.807, 2.05) is 6.92 Å². The molecule has 2 unspecified atom stereocenters. The molecule has 11 heteroatoms. The number of hydrogen-bond donors (Lipinski definition) is 3. The van der Waals surface area contributed by atoms with E-state index in [9.17, 15) is 18.0 Å². The molecule has 0 aromatic heterocycles.